The number of piperidine rings is 1. The van der Waals surface area contributed by atoms with E-state index in [1.165, 1.54) is 5.57 Å². The maximum absolute atomic E-state index is 9.40. The Kier molecular flexibility index (Phi) is 6.28. The molecule has 4 nitrogen and oxygen atoms in total. The minimum absolute atomic E-state index is 0.000157. The third-order valence-electron chi connectivity index (χ3n) is 4.17. The molecule has 0 atom stereocenters. The molecule has 4 heteroatoms. The first kappa shape index (κ1) is 16.8. The third kappa shape index (κ3) is 4.75. The first-order chi connectivity index (χ1) is 10.6. The number of anilines is 1. The van der Waals surface area contributed by atoms with Gasteiger partial charge in [0, 0.05) is 36.9 Å². The second-order valence-corrected chi connectivity index (χ2v) is 6.19. The number of ether oxygens (including phenoxy) is 1. The summed E-state index contributed by atoms with van der Waals surface area (Å²) in [4.78, 5) is 2.50. The largest absolute Gasteiger partial charge is 0.496 e. The number of rotatable bonds is 6. The minimum Gasteiger partial charge on any atom is -0.496 e. The summed E-state index contributed by atoms with van der Waals surface area (Å²) in [6.07, 6.45) is 4.60. The van der Waals surface area contributed by atoms with Crippen LogP contribution in [0.1, 0.15) is 32.3 Å². The normalized spacial score (nSPS) is 16.4. The molecule has 0 saturated carbocycles. The molecule has 0 unspecified atom stereocenters. The number of hydrogen-bond donors (Lipinski definition) is 2. The van der Waals surface area contributed by atoms with Crippen LogP contribution in [-0.4, -0.2) is 42.8 Å². The Bertz CT molecular complexity index is 502. The van der Waals surface area contributed by atoms with E-state index in [2.05, 4.69) is 30.1 Å². The van der Waals surface area contributed by atoms with Crippen LogP contribution < -0.4 is 10.1 Å². The minimum atomic E-state index is -0.000157. The van der Waals surface area contributed by atoms with Gasteiger partial charge in [-0.1, -0.05) is 11.6 Å². The highest BCUT2D eigenvalue weighted by Gasteiger charge is 2.18. The van der Waals surface area contributed by atoms with Gasteiger partial charge in [0.15, 0.2) is 0 Å². The zero-order valence-electron chi connectivity index (χ0n) is 13.9. The number of nitrogens with one attached hydrogen (secondary N) is 1. The van der Waals surface area contributed by atoms with E-state index in [0.29, 0.717) is 6.04 Å². The Morgan fingerprint density at radius 1 is 1.36 bits per heavy atom. The molecule has 2 N–H and O–H groups in total. The molecular weight excluding hydrogens is 276 g/mol. The van der Waals surface area contributed by atoms with Crippen LogP contribution in [0.2, 0.25) is 0 Å². The highest BCUT2D eigenvalue weighted by Crippen LogP contribution is 2.24. The van der Waals surface area contributed by atoms with Gasteiger partial charge in [-0.15, -0.1) is 0 Å². The van der Waals surface area contributed by atoms with Gasteiger partial charge < -0.3 is 15.2 Å². The molecule has 1 heterocycles. The van der Waals surface area contributed by atoms with Gasteiger partial charge in [0.05, 0.1) is 13.7 Å². The van der Waals surface area contributed by atoms with Gasteiger partial charge in [0.1, 0.15) is 5.75 Å². The highest BCUT2D eigenvalue weighted by molar-refractivity contribution is 5.51. The predicted octanol–water partition coefficient (Wildman–Crippen LogP) is 3.03. The summed E-state index contributed by atoms with van der Waals surface area (Å²) in [5.74, 6) is 0.740. The summed E-state index contributed by atoms with van der Waals surface area (Å²) < 4.78 is 5.24. The van der Waals surface area contributed by atoms with Crippen LogP contribution in [0.25, 0.3) is 0 Å². The molecule has 0 aliphatic carbocycles. The van der Waals surface area contributed by atoms with Gasteiger partial charge in [-0.05, 0) is 44.9 Å². The molecular formula is C18H28N2O2. The molecule has 0 amide bonds. The molecule has 1 aromatic carbocycles. The first-order valence-electron chi connectivity index (χ1n) is 8.02. The molecule has 2 rings (SSSR count). The average Bonchev–Trinajstić information content (AvgIpc) is 2.54. The average molecular weight is 304 g/mol. The van der Waals surface area contributed by atoms with Crippen molar-refractivity contribution >= 4 is 5.69 Å². The number of aliphatic hydroxyl groups is 1. The van der Waals surface area contributed by atoms with Crippen molar-refractivity contribution in [1.29, 1.82) is 0 Å². The Balaban J connectivity index is 1.87. The fourth-order valence-corrected chi connectivity index (χ4v) is 2.80. The molecule has 1 aliphatic heterocycles. The zero-order chi connectivity index (χ0) is 15.9. The van der Waals surface area contributed by atoms with Crippen LogP contribution in [0.3, 0.4) is 0 Å². The number of methoxy groups -OCH3 is 1. The van der Waals surface area contributed by atoms with Crippen molar-refractivity contribution in [3.63, 3.8) is 0 Å². The van der Waals surface area contributed by atoms with E-state index in [1.54, 1.807) is 7.11 Å². The molecule has 22 heavy (non-hydrogen) atoms. The summed E-state index contributed by atoms with van der Waals surface area (Å²) in [5, 5.41) is 13.0. The second kappa shape index (κ2) is 8.20. The van der Waals surface area contributed by atoms with E-state index in [-0.39, 0.29) is 6.61 Å². The molecule has 0 bridgehead atoms. The number of nitrogens with zero attached hydrogens (tertiary/aromatic N) is 1. The second-order valence-electron chi connectivity index (χ2n) is 6.19. The lowest BCUT2D eigenvalue weighted by atomic mass is 10.0. The standard InChI is InChI=1S/C18H28N2O2/c1-14(2)6-9-20-10-7-16(8-11-20)19-17-4-5-18(22-3)15(12-17)13-21/h4-6,12,16,19,21H,7-11,13H2,1-3H3. The summed E-state index contributed by atoms with van der Waals surface area (Å²) in [6.45, 7) is 7.62. The molecule has 122 valence electrons. The van der Waals surface area contributed by atoms with Crippen LogP contribution in [-0.2, 0) is 6.61 Å². The summed E-state index contributed by atoms with van der Waals surface area (Å²) in [7, 11) is 1.63. The summed E-state index contributed by atoms with van der Waals surface area (Å²) in [6, 6.07) is 6.42. The Hall–Kier alpha value is -1.52. The molecule has 0 radical (unpaired) electrons. The van der Waals surface area contributed by atoms with Crippen molar-refractivity contribution in [1.82, 2.24) is 4.90 Å². The number of likely N-dealkylation sites (tertiary alicyclic amines) is 1. The van der Waals surface area contributed by atoms with Crippen LogP contribution in [0.5, 0.6) is 5.75 Å². The molecule has 0 spiro atoms. The molecule has 1 aromatic rings. The molecule has 0 aromatic heterocycles. The van der Waals surface area contributed by atoms with Gasteiger partial charge in [0.25, 0.3) is 0 Å². The fraction of sp³-hybridized carbons (Fsp3) is 0.556. The van der Waals surface area contributed by atoms with Crippen molar-refractivity contribution in [3.8, 4) is 5.75 Å². The Morgan fingerprint density at radius 2 is 2.09 bits per heavy atom. The number of allylic oxidation sites excluding steroid dienone is 1. The zero-order valence-corrected chi connectivity index (χ0v) is 13.9. The SMILES string of the molecule is COc1ccc(NC2CCN(CC=C(C)C)CC2)cc1CO. The van der Waals surface area contributed by atoms with Gasteiger partial charge in [-0.25, -0.2) is 0 Å². The predicted molar refractivity (Wildman–Crippen MR) is 91.4 cm³/mol. The van der Waals surface area contributed by atoms with Crippen LogP contribution in [0.4, 0.5) is 5.69 Å². The maximum Gasteiger partial charge on any atom is 0.124 e. The van der Waals surface area contributed by atoms with Crippen molar-refractivity contribution in [2.45, 2.75) is 39.3 Å². The molecule has 1 aliphatic rings. The van der Waals surface area contributed by atoms with Gasteiger partial charge in [0.2, 0.25) is 0 Å². The topological polar surface area (TPSA) is 44.7 Å². The Labute approximate surface area is 133 Å². The van der Waals surface area contributed by atoms with Crippen molar-refractivity contribution < 1.29 is 9.84 Å². The van der Waals surface area contributed by atoms with E-state index in [9.17, 15) is 5.11 Å². The van der Waals surface area contributed by atoms with Gasteiger partial charge >= 0.3 is 0 Å². The lowest BCUT2D eigenvalue weighted by molar-refractivity contribution is 0.240. The summed E-state index contributed by atoms with van der Waals surface area (Å²) in [5.41, 5.74) is 3.27. The smallest absolute Gasteiger partial charge is 0.124 e. The maximum atomic E-state index is 9.40. The van der Waals surface area contributed by atoms with E-state index in [1.807, 2.05) is 18.2 Å². The van der Waals surface area contributed by atoms with Crippen molar-refractivity contribution in [2.75, 3.05) is 32.1 Å². The molecule has 1 fully saturated rings. The summed E-state index contributed by atoms with van der Waals surface area (Å²) >= 11 is 0. The van der Waals surface area contributed by atoms with Gasteiger partial charge in [-0.3, -0.25) is 4.90 Å². The van der Waals surface area contributed by atoms with Gasteiger partial charge in [-0.2, -0.15) is 0 Å². The molecule has 1 saturated heterocycles. The highest BCUT2D eigenvalue weighted by atomic mass is 16.5. The van der Waals surface area contributed by atoms with E-state index < -0.39 is 0 Å². The fourth-order valence-electron chi connectivity index (χ4n) is 2.80. The Morgan fingerprint density at radius 3 is 2.68 bits per heavy atom. The van der Waals surface area contributed by atoms with E-state index >= 15 is 0 Å². The van der Waals surface area contributed by atoms with Crippen LogP contribution >= 0.6 is 0 Å². The lowest BCUT2D eigenvalue weighted by Crippen LogP contribution is -2.39. The van der Waals surface area contributed by atoms with Crippen molar-refractivity contribution in [3.05, 3.63) is 35.4 Å². The monoisotopic (exact) mass is 304 g/mol. The first-order valence-corrected chi connectivity index (χ1v) is 8.02. The lowest BCUT2D eigenvalue weighted by Gasteiger charge is -2.32. The van der Waals surface area contributed by atoms with Crippen molar-refractivity contribution in [2.24, 2.45) is 0 Å². The van der Waals surface area contributed by atoms with Crippen LogP contribution in [0, 0.1) is 0 Å². The third-order valence-corrected chi connectivity index (χ3v) is 4.17. The van der Waals surface area contributed by atoms with E-state index in [0.717, 1.165) is 49.5 Å². The van der Waals surface area contributed by atoms with E-state index in [4.69, 9.17) is 4.74 Å². The number of benzene rings is 1. The number of hydrogen-bond acceptors (Lipinski definition) is 4. The number of aliphatic hydroxyl groups excluding tert-OH is 1. The van der Waals surface area contributed by atoms with Crippen LogP contribution in [0.15, 0.2) is 29.8 Å². The quantitative estimate of drug-likeness (QED) is 0.793.